The molecule has 31 heavy (non-hydrogen) atoms. The molecule has 4 rings (SSSR count). The highest BCUT2D eigenvalue weighted by Gasteiger charge is 2.42. The van der Waals surface area contributed by atoms with E-state index in [0.29, 0.717) is 44.5 Å². The van der Waals surface area contributed by atoms with Crippen molar-refractivity contribution in [2.45, 2.75) is 32.7 Å². The number of ether oxygens (including phenoxy) is 2. The lowest BCUT2D eigenvalue weighted by molar-refractivity contribution is -0.159. The van der Waals surface area contributed by atoms with Crippen molar-refractivity contribution >= 4 is 17.0 Å². The van der Waals surface area contributed by atoms with Crippen LogP contribution >= 0.6 is 0 Å². The van der Waals surface area contributed by atoms with Gasteiger partial charge < -0.3 is 14.5 Å². The average molecular weight is 426 g/mol. The second-order valence-electron chi connectivity index (χ2n) is 8.03. The fourth-order valence-corrected chi connectivity index (χ4v) is 4.18. The Balaban J connectivity index is 1.37. The van der Waals surface area contributed by atoms with Crippen molar-refractivity contribution in [3.05, 3.63) is 60.2 Å². The Labute approximate surface area is 181 Å². The second kappa shape index (κ2) is 9.47. The van der Waals surface area contributed by atoms with E-state index in [2.05, 4.69) is 14.9 Å². The van der Waals surface area contributed by atoms with E-state index in [4.69, 9.17) is 9.47 Å². The maximum Gasteiger partial charge on any atom is 0.312 e. The fourth-order valence-electron chi connectivity index (χ4n) is 4.18. The molecule has 1 aliphatic heterocycles. The number of esters is 1. The van der Waals surface area contributed by atoms with Crippen molar-refractivity contribution in [3.63, 3.8) is 0 Å². The van der Waals surface area contributed by atoms with E-state index >= 15 is 0 Å². The van der Waals surface area contributed by atoms with Crippen LogP contribution in [0.25, 0.3) is 11.0 Å². The number of aromatic amines is 1. The molecule has 0 bridgehead atoms. The summed E-state index contributed by atoms with van der Waals surface area (Å²) in [5.74, 6) is 1.19. The number of hydrogen-bond acceptors (Lipinski definition) is 5. The number of para-hydroxylation sites is 1. The van der Waals surface area contributed by atoms with E-state index in [9.17, 15) is 9.18 Å². The number of hydrogen-bond donors (Lipinski definition) is 1. The third-order valence-corrected chi connectivity index (χ3v) is 5.98. The number of likely N-dealkylation sites (tertiary alicyclic amines) is 1. The summed E-state index contributed by atoms with van der Waals surface area (Å²) in [5.41, 5.74) is 0.927. The van der Waals surface area contributed by atoms with Gasteiger partial charge in [0.25, 0.3) is 0 Å². The quantitative estimate of drug-likeness (QED) is 0.545. The van der Waals surface area contributed by atoms with Crippen molar-refractivity contribution in [2.24, 2.45) is 5.41 Å². The topological polar surface area (TPSA) is 67.5 Å². The highest BCUT2D eigenvalue weighted by molar-refractivity contribution is 5.77. The first-order valence-electron chi connectivity index (χ1n) is 10.8. The van der Waals surface area contributed by atoms with Crippen LogP contribution in [0.2, 0.25) is 0 Å². The number of benzene rings is 2. The number of carbonyl (C=O) groups excluding carboxylic acids is 1. The predicted octanol–water partition coefficient (Wildman–Crippen LogP) is 4.32. The molecule has 1 aliphatic rings. The van der Waals surface area contributed by atoms with Crippen molar-refractivity contribution < 1.29 is 18.7 Å². The molecule has 0 saturated carbocycles. The zero-order valence-electron chi connectivity index (χ0n) is 17.8. The Morgan fingerprint density at radius 3 is 2.71 bits per heavy atom. The highest BCUT2D eigenvalue weighted by atomic mass is 19.1. The molecular weight excluding hydrogens is 397 g/mol. The monoisotopic (exact) mass is 425 g/mol. The zero-order chi connectivity index (χ0) is 21.7. The normalized spacial score (nSPS) is 16.3. The molecule has 0 atom stereocenters. The summed E-state index contributed by atoms with van der Waals surface area (Å²) in [6, 6.07) is 14.2. The smallest absolute Gasteiger partial charge is 0.312 e. The summed E-state index contributed by atoms with van der Waals surface area (Å²) in [6.07, 6.45) is 2.04. The third kappa shape index (κ3) is 5.05. The van der Waals surface area contributed by atoms with Gasteiger partial charge in [0.05, 0.1) is 36.2 Å². The summed E-state index contributed by atoms with van der Waals surface area (Å²) in [6.45, 7) is 4.84. The van der Waals surface area contributed by atoms with Crippen LogP contribution in [-0.4, -0.2) is 47.1 Å². The van der Waals surface area contributed by atoms with Gasteiger partial charge in [0.15, 0.2) is 0 Å². The number of carbonyl (C=O) groups is 1. The predicted molar refractivity (Wildman–Crippen MR) is 116 cm³/mol. The van der Waals surface area contributed by atoms with Crippen LogP contribution in [0.3, 0.4) is 0 Å². The average Bonchev–Trinajstić information content (AvgIpc) is 3.17. The van der Waals surface area contributed by atoms with Gasteiger partial charge >= 0.3 is 5.97 Å². The van der Waals surface area contributed by atoms with E-state index in [0.717, 1.165) is 30.2 Å². The Bertz CT molecular complexity index is 1010. The largest absolute Gasteiger partial charge is 0.494 e. The van der Waals surface area contributed by atoms with E-state index in [1.54, 1.807) is 6.07 Å². The van der Waals surface area contributed by atoms with Gasteiger partial charge in [0.1, 0.15) is 17.4 Å². The van der Waals surface area contributed by atoms with Crippen molar-refractivity contribution in [3.8, 4) is 5.75 Å². The second-order valence-corrected chi connectivity index (χ2v) is 8.03. The van der Waals surface area contributed by atoms with Crippen LogP contribution in [0.15, 0.2) is 48.5 Å². The molecule has 0 amide bonds. The number of aromatic nitrogens is 2. The van der Waals surface area contributed by atoms with E-state index in [1.807, 2.05) is 37.3 Å². The van der Waals surface area contributed by atoms with Crippen LogP contribution in [-0.2, 0) is 16.1 Å². The molecule has 7 heteroatoms. The summed E-state index contributed by atoms with van der Waals surface area (Å²) < 4.78 is 24.7. The molecule has 2 heterocycles. The molecular formula is C24H28FN3O3. The lowest BCUT2D eigenvalue weighted by atomic mass is 9.75. The standard InChI is InChI=1S/C24H28FN3O3/c1-2-30-23(29)24(12-15-31-19-6-4-3-5-7-19)10-13-28(14-11-24)17-22-26-20-9-8-18(25)16-21(20)27-22/h3-9,16H,2,10-15,17H2,1H3,(H,26,27). The SMILES string of the molecule is CCOC(=O)C1(CCOc2ccccc2)CCN(Cc2nc3ccc(F)cc3[nH]2)CC1. The molecule has 1 fully saturated rings. The summed E-state index contributed by atoms with van der Waals surface area (Å²) in [4.78, 5) is 22.8. The lowest BCUT2D eigenvalue weighted by Crippen LogP contribution is -2.45. The number of rotatable bonds is 8. The summed E-state index contributed by atoms with van der Waals surface area (Å²) >= 11 is 0. The molecule has 3 aromatic rings. The molecule has 0 radical (unpaired) electrons. The molecule has 0 spiro atoms. The van der Waals surface area contributed by atoms with Gasteiger partial charge in [0, 0.05) is 0 Å². The first-order chi connectivity index (χ1) is 15.1. The van der Waals surface area contributed by atoms with Crippen LogP contribution in [0.5, 0.6) is 5.75 Å². The number of nitrogens with zero attached hydrogens (tertiary/aromatic N) is 2. The number of piperidine rings is 1. The van der Waals surface area contributed by atoms with Gasteiger partial charge in [-0.25, -0.2) is 9.37 Å². The molecule has 1 N–H and O–H groups in total. The van der Waals surface area contributed by atoms with Crippen LogP contribution in [0.4, 0.5) is 4.39 Å². The van der Waals surface area contributed by atoms with E-state index in [1.165, 1.54) is 12.1 Å². The maximum absolute atomic E-state index is 13.4. The fraction of sp³-hybridized carbons (Fsp3) is 0.417. The number of imidazole rings is 1. The molecule has 6 nitrogen and oxygen atoms in total. The minimum atomic E-state index is -0.529. The van der Waals surface area contributed by atoms with Gasteiger partial charge in [-0.15, -0.1) is 0 Å². The Hall–Kier alpha value is -2.93. The molecule has 0 aliphatic carbocycles. The molecule has 1 aromatic heterocycles. The van der Waals surface area contributed by atoms with Crippen molar-refractivity contribution in [1.82, 2.24) is 14.9 Å². The number of halogens is 1. The Morgan fingerprint density at radius 2 is 1.97 bits per heavy atom. The first kappa shape index (κ1) is 21.3. The lowest BCUT2D eigenvalue weighted by Gasteiger charge is -2.39. The molecule has 164 valence electrons. The van der Waals surface area contributed by atoms with Crippen LogP contribution < -0.4 is 4.74 Å². The van der Waals surface area contributed by atoms with Gasteiger partial charge in [0.2, 0.25) is 0 Å². The van der Waals surface area contributed by atoms with Crippen molar-refractivity contribution in [1.29, 1.82) is 0 Å². The number of fused-ring (bicyclic) bond motifs is 1. The number of nitrogens with one attached hydrogen (secondary N) is 1. The minimum absolute atomic E-state index is 0.134. The minimum Gasteiger partial charge on any atom is -0.494 e. The molecule has 0 unspecified atom stereocenters. The van der Waals surface area contributed by atoms with Gasteiger partial charge in [-0.2, -0.15) is 0 Å². The third-order valence-electron chi connectivity index (χ3n) is 5.98. The van der Waals surface area contributed by atoms with Crippen molar-refractivity contribution in [2.75, 3.05) is 26.3 Å². The highest BCUT2D eigenvalue weighted by Crippen LogP contribution is 2.37. The van der Waals surface area contributed by atoms with E-state index in [-0.39, 0.29) is 11.8 Å². The maximum atomic E-state index is 13.4. The molecule has 1 saturated heterocycles. The van der Waals surface area contributed by atoms with Gasteiger partial charge in [-0.05, 0) is 69.6 Å². The Morgan fingerprint density at radius 1 is 1.19 bits per heavy atom. The molecule has 2 aromatic carbocycles. The van der Waals surface area contributed by atoms with E-state index < -0.39 is 5.41 Å². The summed E-state index contributed by atoms with van der Waals surface area (Å²) in [7, 11) is 0. The first-order valence-corrected chi connectivity index (χ1v) is 10.8. The Kier molecular flexibility index (Phi) is 6.51. The van der Waals surface area contributed by atoms with Gasteiger partial charge in [-0.1, -0.05) is 18.2 Å². The van der Waals surface area contributed by atoms with Crippen LogP contribution in [0, 0.1) is 11.2 Å². The summed E-state index contributed by atoms with van der Waals surface area (Å²) in [5, 5.41) is 0. The van der Waals surface area contributed by atoms with Gasteiger partial charge in [-0.3, -0.25) is 9.69 Å². The number of H-pyrrole nitrogens is 1. The van der Waals surface area contributed by atoms with Crippen LogP contribution in [0.1, 0.15) is 32.0 Å². The zero-order valence-corrected chi connectivity index (χ0v) is 17.8.